The summed E-state index contributed by atoms with van der Waals surface area (Å²) < 4.78 is 43.4. The molecule has 0 fully saturated rings. The predicted molar refractivity (Wildman–Crippen MR) is 196 cm³/mol. The first-order chi connectivity index (χ1) is 23.1. The Morgan fingerprint density at radius 1 is 0.880 bits per heavy atom. The van der Waals surface area contributed by atoms with Gasteiger partial charge in [0.2, 0.25) is 11.8 Å². The summed E-state index contributed by atoms with van der Waals surface area (Å²) in [4.78, 5) is 58.0. The third kappa shape index (κ3) is 20.4. The lowest BCUT2D eigenvalue weighted by Gasteiger charge is -2.40. The van der Waals surface area contributed by atoms with Gasteiger partial charge in [-0.2, -0.15) is 29.9 Å². The Morgan fingerprint density at radius 2 is 1.50 bits per heavy atom. The van der Waals surface area contributed by atoms with Crippen LogP contribution < -0.4 is 10.6 Å². The molecule has 2 amide bonds. The SMILES string of the molecule is CCC(C)(CC(C)(CC(C)(C)C(=O)NCCC[N+](C)(C)OCCS(=O)(=O)[O-])C(=O)OCCNC(=O)CCCCC(S)CCS)C(=O)OCCO. The molecule has 0 aliphatic rings. The highest BCUT2D eigenvalue weighted by Crippen LogP contribution is 2.45. The number of ether oxygens (including phenoxy) is 2. The molecule has 0 aliphatic carbocycles. The minimum absolute atomic E-state index is 0.00408. The second kappa shape index (κ2) is 23.1. The van der Waals surface area contributed by atoms with E-state index in [1.165, 1.54) is 0 Å². The van der Waals surface area contributed by atoms with Gasteiger partial charge in [0.25, 0.3) is 0 Å². The lowest BCUT2D eigenvalue weighted by atomic mass is 9.65. The highest BCUT2D eigenvalue weighted by molar-refractivity contribution is 7.85. The Labute approximate surface area is 310 Å². The highest BCUT2D eigenvalue weighted by atomic mass is 32.2. The molecule has 0 aromatic rings. The minimum atomic E-state index is -4.39. The predicted octanol–water partition coefficient (Wildman–Crippen LogP) is 2.65. The number of thiol groups is 2. The summed E-state index contributed by atoms with van der Waals surface area (Å²) in [6, 6.07) is 0. The molecule has 0 spiro atoms. The van der Waals surface area contributed by atoms with Gasteiger partial charge >= 0.3 is 11.9 Å². The molecular weight excluding hydrogens is 711 g/mol. The second-order valence-electron chi connectivity index (χ2n) is 14.5. The van der Waals surface area contributed by atoms with Crippen LogP contribution in [0.4, 0.5) is 0 Å². The lowest BCUT2D eigenvalue weighted by molar-refractivity contribution is -1.08. The number of carbonyl (C=O) groups is 4. The Hall–Kier alpha value is -1.63. The van der Waals surface area contributed by atoms with E-state index in [4.69, 9.17) is 14.3 Å². The first kappa shape index (κ1) is 48.4. The number of hydrogen-bond acceptors (Lipinski definition) is 13. The Balaban J connectivity index is 5.48. The van der Waals surface area contributed by atoms with Crippen LogP contribution in [0.5, 0.6) is 0 Å². The Bertz CT molecular complexity index is 1170. The molecule has 0 rings (SSSR count). The topological polar surface area (TPSA) is 197 Å². The van der Waals surface area contributed by atoms with Gasteiger partial charge in [0.05, 0.1) is 53.9 Å². The molecule has 0 saturated heterocycles. The first-order valence-corrected chi connectivity index (χ1v) is 20.0. The second-order valence-corrected chi connectivity index (χ2v) is 17.2. The van der Waals surface area contributed by atoms with E-state index in [0.29, 0.717) is 32.2 Å². The largest absolute Gasteiger partial charge is 0.748 e. The first-order valence-electron chi connectivity index (χ1n) is 17.3. The molecule has 3 unspecified atom stereocenters. The van der Waals surface area contributed by atoms with Gasteiger partial charge in [-0.1, -0.05) is 27.2 Å². The average molecular weight is 774 g/mol. The zero-order valence-electron chi connectivity index (χ0n) is 31.1. The van der Waals surface area contributed by atoms with Gasteiger partial charge < -0.3 is 29.8 Å². The highest BCUT2D eigenvalue weighted by Gasteiger charge is 2.49. The maximum absolute atomic E-state index is 13.7. The van der Waals surface area contributed by atoms with Crippen LogP contribution in [0.25, 0.3) is 0 Å². The molecule has 14 nitrogen and oxygen atoms in total. The zero-order chi connectivity index (χ0) is 38.7. The molecule has 50 heavy (non-hydrogen) atoms. The molecule has 0 aromatic carbocycles. The number of aliphatic hydroxyl groups excluding tert-OH is 1. The van der Waals surface area contributed by atoms with Crippen molar-refractivity contribution in [3.8, 4) is 0 Å². The molecule has 0 aliphatic heterocycles. The van der Waals surface area contributed by atoms with Crippen molar-refractivity contribution in [1.82, 2.24) is 10.6 Å². The monoisotopic (exact) mass is 773 g/mol. The van der Waals surface area contributed by atoms with E-state index in [1.807, 2.05) is 0 Å². The number of unbranched alkanes of at least 4 members (excludes halogenated alkanes) is 1. The van der Waals surface area contributed by atoms with Crippen molar-refractivity contribution >= 4 is 59.1 Å². The van der Waals surface area contributed by atoms with Crippen LogP contribution in [0, 0.1) is 16.2 Å². The molecule has 3 atom stereocenters. The Morgan fingerprint density at radius 3 is 2.08 bits per heavy atom. The number of amides is 2. The van der Waals surface area contributed by atoms with Crippen LogP contribution in [0.15, 0.2) is 0 Å². The quantitative estimate of drug-likeness (QED) is 0.0196. The molecule has 0 aromatic heterocycles. The Kier molecular flexibility index (Phi) is 22.4. The summed E-state index contributed by atoms with van der Waals surface area (Å²) in [7, 11) is -0.989. The fraction of sp³-hybridized carbons (Fsp3) is 0.879. The lowest BCUT2D eigenvalue weighted by Crippen LogP contribution is -2.47. The molecular formula is C33H63N3O11S3. The maximum atomic E-state index is 13.7. The van der Waals surface area contributed by atoms with Gasteiger partial charge in [-0.3, -0.25) is 19.2 Å². The van der Waals surface area contributed by atoms with Crippen molar-refractivity contribution in [3.05, 3.63) is 0 Å². The fourth-order valence-electron chi connectivity index (χ4n) is 5.69. The van der Waals surface area contributed by atoms with Gasteiger partial charge in [-0.15, -0.1) is 0 Å². The van der Waals surface area contributed by atoms with Gasteiger partial charge in [-0.05, 0) is 58.1 Å². The van der Waals surface area contributed by atoms with Crippen molar-refractivity contribution in [2.75, 3.05) is 71.7 Å². The number of carbonyl (C=O) groups excluding carboxylic acids is 4. The van der Waals surface area contributed by atoms with Crippen LogP contribution in [0.3, 0.4) is 0 Å². The van der Waals surface area contributed by atoms with E-state index >= 15 is 0 Å². The number of nitrogens with one attached hydrogen (secondary N) is 2. The maximum Gasteiger partial charge on any atom is 0.311 e. The van der Waals surface area contributed by atoms with Gasteiger partial charge in [0.1, 0.15) is 26.4 Å². The van der Waals surface area contributed by atoms with Gasteiger partial charge in [-0.25, -0.2) is 13.3 Å². The molecule has 0 heterocycles. The number of hydroxylamine groups is 3. The van der Waals surface area contributed by atoms with Crippen LogP contribution in [0.2, 0.25) is 0 Å². The van der Waals surface area contributed by atoms with Crippen molar-refractivity contribution in [2.24, 2.45) is 16.2 Å². The smallest absolute Gasteiger partial charge is 0.311 e. The molecule has 3 N–H and O–H groups in total. The van der Waals surface area contributed by atoms with Gasteiger partial charge in [0.15, 0.2) is 0 Å². The molecule has 294 valence electrons. The number of nitrogens with zero attached hydrogens (tertiary/aromatic N) is 1. The van der Waals surface area contributed by atoms with Crippen LogP contribution >= 0.6 is 25.3 Å². The summed E-state index contributed by atoms with van der Waals surface area (Å²) in [6.45, 7) is 8.41. The zero-order valence-corrected chi connectivity index (χ0v) is 33.7. The molecule has 0 bridgehead atoms. The number of esters is 2. The fourth-order valence-corrected chi connectivity index (χ4v) is 6.79. The average Bonchev–Trinajstić information content (AvgIpc) is 3.00. The van der Waals surface area contributed by atoms with Crippen LogP contribution in [0.1, 0.15) is 92.4 Å². The summed E-state index contributed by atoms with van der Waals surface area (Å²) >= 11 is 8.71. The summed E-state index contributed by atoms with van der Waals surface area (Å²) in [6.07, 6.45) is 4.55. The normalized spacial score (nSPS) is 15.3. The number of quaternary nitrogens is 1. The van der Waals surface area contributed by atoms with Crippen molar-refractivity contribution < 1.29 is 56.2 Å². The van der Waals surface area contributed by atoms with E-state index in [-0.39, 0.29) is 74.1 Å². The van der Waals surface area contributed by atoms with E-state index in [9.17, 15) is 37.3 Å². The summed E-state index contributed by atoms with van der Waals surface area (Å²) in [5, 5.41) is 15.1. The third-order valence-electron chi connectivity index (χ3n) is 8.56. The minimum Gasteiger partial charge on any atom is -0.748 e. The van der Waals surface area contributed by atoms with Crippen LogP contribution in [-0.2, 0) is 43.6 Å². The molecule has 0 radical (unpaired) electrons. The van der Waals surface area contributed by atoms with E-state index in [1.54, 1.807) is 48.7 Å². The molecule has 0 saturated carbocycles. The number of aliphatic hydroxyl groups is 1. The van der Waals surface area contributed by atoms with Crippen molar-refractivity contribution in [1.29, 1.82) is 0 Å². The standard InChI is InChI=1S/C33H63N3O11S3/c1-8-32(4,29(40)46-20-18-37)25-33(5,30(41)45-19-16-34-27(38)13-10-9-12-26(49)14-22-48)24-31(2,3)28(39)35-15-11-17-36(6,7)47-21-23-50(42,43)44/h26,37H,8-25H2,1-7H3,(H4-,34,35,38,39,42,43,44,48,49). The van der Waals surface area contributed by atoms with Crippen molar-refractivity contribution in [3.63, 3.8) is 0 Å². The molecule has 17 heteroatoms. The van der Waals surface area contributed by atoms with E-state index < -0.39 is 44.1 Å². The third-order valence-corrected chi connectivity index (χ3v) is 10.0. The number of hydrogen-bond donors (Lipinski definition) is 5. The van der Waals surface area contributed by atoms with Crippen LogP contribution in [-0.4, -0.2) is 123 Å². The summed E-state index contributed by atoms with van der Waals surface area (Å²) in [5.74, 6) is -1.55. The summed E-state index contributed by atoms with van der Waals surface area (Å²) in [5.41, 5.74) is -3.54. The van der Waals surface area contributed by atoms with Crippen molar-refractivity contribution in [2.45, 2.75) is 97.7 Å². The van der Waals surface area contributed by atoms with E-state index in [0.717, 1.165) is 25.0 Å². The van der Waals surface area contributed by atoms with Gasteiger partial charge in [0, 0.05) is 30.1 Å². The number of rotatable bonds is 28. The van der Waals surface area contributed by atoms with E-state index in [2.05, 4.69) is 35.9 Å².